The number of rotatable bonds is 7. The van der Waals surface area contributed by atoms with E-state index in [1.807, 2.05) is 53.2 Å². The van der Waals surface area contributed by atoms with E-state index in [0.29, 0.717) is 13.1 Å². The predicted octanol–water partition coefficient (Wildman–Crippen LogP) is 1.35. The molecule has 0 unspecified atom stereocenters. The van der Waals surface area contributed by atoms with Gasteiger partial charge >= 0.3 is 0 Å². The van der Waals surface area contributed by atoms with Gasteiger partial charge < -0.3 is 10.0 Å². The lowest BCUT2D eigenvalue weighted by Crippen LogP contribution is -2.50. The molecule has 1 amide bonds. The number of aliphatic hydroxyl groups excluding tert-OH is 1. The van der Waals surface area contributed by atoms with Gasteiger partial charge in [-0.05, 0) is 30.3 Å². The number of aliphatic hydroxyl groups is 1. The predicted molar refractivity (Wildman–Crippen MR) is 105 cm³/mol. The number of hydrogen-bond acceptors (Lipinski definition) is 5. The summed E-state index contributed by atoms with van der Waals surface area (Å²) in [5.74, 6) is 0.170. The van der Waals surface area contributed by atoms with Crippen molar-refractivity contribution < 1.29 is 9.90 Å². The number of nitrogens with zero attached hydrogens (tertiary/aromatic N) is 4. The highest BCUT2D eigenvalue weighted by Gasteiger charge is 2.22. The van der Waals surface area contributed by atoms with E-state index in [0.717, 1.165) is 49.5 Å². The number of carbonyl (C=O) groups is 1. The summed E-state index contributed by atoms with van der Waals surface area (Å²) in [6.07, 6.45) is 1.78. The smallest absolute Gasteiger partial charge is 0.236 e. The fourth-order valence-corrected chi connectivity index (χ4v) is 3.42. The minimum atomic E-state index is 0.0667. The summed E-state index contributed by atoms with van der Waals surface area (Å²) in [5, 5.41) is 9.47. The maximum atomic E-state index is 12.6. The summed E-state index contributed by atoms with van der Waals surface area (Å²) in [7, 11) is 1.95. The molecule has 1 aliphatic rings. The zero-order chi connectivity index (χ0) is 19.1. The second kappa shape index (κ2) is 9.60. The second-order valence-corrected chi connectivity index (χ2v) is 7.08. The highest BCUT2D eigenvalue weighted by molar-refractivity contribution is 5.78. The van der Waals surface area contributed by atoms with E-state index in [9.17, 15) is 9.90 Å². The Bertz CT molecular complexity index is 730. The van der Waals surface area contributed by atoms with Crippen molar-refractivity contribution >= 4 is 5.91 Å². The highest BCUT2D eigenvalue weighted by atomic mass is 16.3. The molecule has 1 N–H and O–H groups in total. The largest absolute Gasteiger partial charge is 0.392 e. The average Bonchev–Trinajstić information content (AvgIpc) is 2.69. The molecule has 0 atom stereocenters. The summed E-state index contributed by atoms with van der Waals surface area (Å²) in [6, 6.07) is 13.8. The highest BCUT2D eigenvalue weighted by Crippen LogP contribution is 2.14. The van der Waals surface area contributed by atoms with Gasteiger partial charge in [0, 0.05) is 45.5 Å². The normalized spacial score (nSPS) is 15.3. The first-order valence-corrected chi connectivity index (χ1v) is 9.42. The molecule has 2 aromatic rings. The van der Waals surface area contributed by atoms with Crippen molar-refractivity contribution in [3.63, 3.8) is 0 Å². The number of likely N-dealkylation sites (N-methyl/N-ethyl adjacent to an activating group) is 1. The van der Waals surface area contributed by atoms with Gasteiger partial charge in [-0.1, -0.05) is 30.3 Å². The average molecular weight is 368 g/mol. The van der Waals surface area contributed by atoms with Crippen molar-refractivity contribution in [2.75, 3.05) is 39.8 Å². The molecule has 1 aliphatic heterocycles. The van der Waals surface area contributed by atoms with Crippen LogP contribution in [-0.4, -0.2) is 70.5 Å². The van der Waals surface area contributed by atoms with E-state index >= 15 is 0 Å². The summed E-state index contributed by atoms with van der Waals surface area (Å²) < 4.78 is 0. The van der Waals surface area contributed by atoms with Crippen LogP contribution in [0.15, 0.2) is 48.7 Å². The molecule has 0 aliphatic carbocycles. The van der Waals surface area contributed by atoms with Gasteiger partial charge in [-0.3, -0.25) is 19.6 Å². The van der Waals surface area contributed by atoms with Gasteiger partial charge in [0.05, 0.1) is 18.8 Å². The number of piperazine rings is 1. The van der Waals surface area contributed by atoms with E-state index in [-0.39, 0.29) is 12.5 Å². The fourth-order valence-electron chi connectivity index (χ4n) is 3.42. The number of carbonyl (C=O) groups excluding carboxylic acids is 1. The Morgan fingerprint density at radius 2 is 1.78 bits per heavy atom. The first kappa shape index (κ1) is 19.5. The Hall–Kier alpha value is -2.28. The molecule has 27 heavy (non-hydrogen) atoms. The van der Waals surface area contributed by atoms with Gasteiger partial charge in [-0.15, -0.1) is 0 Å². The van der Waals surface area contributed by atoms with E-state index < -0.39 is 0 Å². The number of hydrogen-bond donors (Lipinski definition) is 1. The first-order valence-electron chi connectivity index (χ1n) is 9.42. The van der Waals surface area contributed by atoms with Crippen LogP contribution in [0.1, 0.15) is 16.8 Å². The van der Waals surface area contributed by atoms with Crippen LogP contribution in [0.5, 0.6) is 0 Å². The molecule has 3 rings (SSSR count). The summed E-state index contributed by atoms with van der Waals surface area (Å²) >= 11 is 0. The van der Waals surface area contributed by atoms with Gasteiger partial charge in [-0.2, -0.15) is 0 Å². The Morgan fingerprint density at radius 3 is 2.44 bits per heavy atom. The topological polar surface area (TPSA) is 59.9 Å². The van der Waals surface area contributed by atoms with Gasteiger partial charge in [0.2, 0.25) is 5.91 Å². The molecule has 1 aromatic heterocycles. The van der Waals surface area contributed by atoms with Crippen molar-refractivity contribution in [2.24, 2.45) is 0 Å². The van der Waals surface area contributed by atoms with Crippen molar-refractivity contribution in [1.82, 2.24) is 19.7 Å². The van der Waals surface area contributed by atoms with Crippen LogP contribution < -0.4 is 0 Å². The minimum absolute atomic E-state index is 0.0667. The SMILES string of the molecule is CN(CC(=O)N1CCN(Cc2ccccc2CO)CC1)Cc1ccccn1. The summed E-state index contributed by atoms with van der Waals surface area (Å²) in [6.45, 7) is 5.17. The third-order valence-electron chi connectivity index (χ3n) is 4.97. The van der Waals surface area contributed by atoms with E-state index in [4.69, 9.17) is 0 Å². The first-order chi connectivity index (χ1) is 13.2. The van der Waals surface area contributed by atoms with Crippen LogP contribution in [0.4, 0.5) is 0 Å². The lowest BCUT2D eigenvalue weighted by molar-refractivity contribution is -0.134. The molecule has 1 fully saturated rings. The summed E-state index contributed by atoms with van der Waals surface area (Å²) in [5.41, 5.74) is 3.11. The zero-order valence-corrected chi connectivity index (χ0v) is 15.9. The lowest BCUT2D eigenvalue weighted by Gasteiger charge is -2.35. The number of benzene rings is 1. The fraction of sp³-hybridized carbons (Fsp3) is 0.429. The third-order valence-corrected chi connectivity index (χ3v) is 4.97. The van der Waals surface area contributed by atoms with E-state index in [1.165, 1.54) is 0 Å². The Labute approximate surface area is 161 Å². The molecule has 0 spiro atoms. The molecular weight excluding hydrogens is 340 g/mol. The number of aromatic nitrogens is 1. The van der Waals surface area contributed by atoms with Crippen molar-refractivity contribution in [3.8, 4) is 0 Å². The molecule has 1 saturated heterocycles. The van der Waals surface area contributed by atoms with Crippen LogP contribution in [0.3, 0.4) is 0 Å². The molecular formula is C21H28N4O2. The van der Waals surface area contributed by atoms with Crippen LogP contribution in [-0.2, 0) is 24.5 Å². The molecule has 6 nitrogen and oxygen atoms in total. The van der Waals surface area contributed by atoms with Crippen LogP contribution in [0, 0.1) is 0 Å². The molecule has 0 bridgehead atoms. The second-order valence-electron chi connectivity index (χ2n) is 7.08. The maximum Gasteiger partial charge on any atom is 0.236 e. The van der Waals surface area contributed by atoms with Crippen LogP contribution >= 0.6 is 0 Å². The van der Waals surface area contributed by atoms with Crippen LogP contribution in [0.2, 0.25) is 0 Å². The van der Waals surface area contributed by atoms with E-state index in [1.54, 1.807) is 6.20 Å². The lowest BCUT2D eigenvalue weighted by atomic mass is 10.1. The summed E-state index contributed by atoms with van der Waals surface area (Å²) in [4.78, 5) is 23.2. The Balaban J connectivity index is 1.45. The van der Waals surface area contributed by atoms with Gasteiger partial charge in [0.1, 0.15) is 0 Å². The van der Waals surface area contributed by atoms with Crippen molar-refractivity contribution in [3.05, 3.63) is 65.5 Å². The molecule has 6 heteroatoms. The standard InChI is InChI=1S/C21H28N4O2/c1-23(15-20-8-4-5-9-22-20)16-21(27)25-12-10-24(11-13-25)14-18-6-2-3-7-19(18)17-26/h2-9,26H,10-17H2,1H3. The molecule has 0 saturated carbocycles. The molecule has 2 heterocycles. The molecule has 1 aromatic carbocycles. The monoisotopic (exact) mass is 368 g/mol. The number of amides is 1. The van der Waals surface area contributed by atoms with Crippen molar-refractivity contribution in [2.45, 2.75) is 19.7 Å². The zero-order valence-electron chi connectivity index (χ0n) is 15.9. The van der Waals surface area contributed by atoms with E-state index in [2.05, 4.69) is 16.0 Å². The van der Waals surface area contributed by atoms with Gasteiger partial charge in [0.25, 0.3) is 0 Å². The van der Waals surface area contributed by atoms with Gasteiger partial charge in [0.15, 0.2) is 0 Å². The third kappa shape index (κ3) is 5.60. The minimum Gasteiger partial charge on any atom is -0.392 e. The Morgan fingerprint density at radius 1 is 1.07 bits per heavy atom. The number of pyridine rings is 1. The van der Waals surface area contributed by atoms with Gasteiger partial charge in [-0.25, -0.2) is 0 Å². The van der Waals surface area contributed by atoms with Crippen molar-refractivity contribution in [1.29, 1.82) is 0 Å². The maximum absolute atomic E-state index is 12.6. The van der Waals surface area contributed by atoms with Crippen LogP contribution in [0.25, 0.3) is 0 Å². The molecule has 0 radical (unpaired) electrons. The molecule has 144 valence electrons. The Kier molecular flexibility index (Phi) is 6.92. The quantitative estimate of drug-likeness (QED) is 0.799.